The number of esters is 1. The second-order valence-corrected chi connectivity index (χ2v) is 7.19. The van der Waals surface area contributed by atoms with Gasteiger partial charge in [0, 0.05) is 10.6 Å². The first-order chi connectivity index (χ1) is 10.9. The Morgan fingerprint density at radius 2 is 1.58 bits per heavy atom. The van der Waals surface area contributed by atoms with Crippen molar-refractivity contribution >= 4 is 29.4 Å². The average Bonchev–Trinajstić information content (AvgIpc) is 2.42. The van der Waals surface area contributed by atoms with Crippen LogP contribution in [-0.2, 0) is 14.3 Å². The van der Waals surface area contributed by atoms with E-state index in [2.05, 4.69) is 5.32 Å². The number of nitrogens with one attached hydrogen (secondary N) is 1. The van der Waals surface area contributed by atoms with Crippen LogP contribution in [0.2, 0.25) is 5.02 Å². The Morgan fingerprint density at radius 3 is 2.08 bits per heavy atom. The van der Waals surface area contributed by atoms with Crippen molar-refractivity contribution in [1.82, 2.24) is 5.32 Å². The zero-order valence-electron chi connectivity index (χ0n) is 14.4. The summed E-state index contributed by atoms with van der Waals surface area (Å²) in [5.74, 6) is -1.11. The molecule has 6 nitrogen and oxygen atoms in total. The highest BCUT2D eigenvalue weighted by atomic mass is 35.5. The van der Waals surface area contributed by atoms with E-state index >= 15 is 0 Å². The van der Waals surface area contributed by atoms with Crippen molar-refractivity contribution in [2.75, 3.05) is 6.61 Å². The molecule has 0 aromatic heterocycles. The topological polar surface area (TPSA) is 81.7 Å². The molecule has 1 amide bonds. The molecular formula is C17H22ClNO5. The Morgan fingerprint density at radius 1 is 1.04 bits per heavy atom. The number of carbonyl (C=O) groups is 3. The van der Waals surface area contributed by atoms with Gasteiger partial charge in [-0.1, -0.05) is 11.6 Å². The number of benzene rings is 1. The molecule has 0 saturated carbocycles. The maximum atomic E-state index is 12.1. The summed E-state index contributed by atoms with van der Waals surface area (Å²) in [5, 5.41) is 2.92. The van der Waals surface area contributed by atoms with Gasteiger partial charge in [0.2, 0.25) is 0 Å². The molecule has 7 heteroatoms. The third-order valence-electron chi connectivity index (χ3n) is 2.82. The molecule has 0 unspecified atom stereocenters. The van der Waals surface area contributed by atoms with Crippen LogP contribution in [0, 0.1) is 0 Å². The first kappa shape index (κ1) is 20.0. The van der Waals surface area contributed by atoms with Gasteiger partial charge in [0.05, 0.1) is 0 Å². The van der Waals surface area contributed by atoms with Gasteiger partial charge in [-0.05, 0) is 58.9 Å². The first-order valence-electron chi connectivity index (χ1n) is 7.38. The minimum absolute atomic E-state index is 0.368. The lowest BCUT2D eigenvalue weighted by molar-refractivity contribution is -0.149. The van der Waals surface area contributed by atoms with Gasteiger partial charge in [0.25, 0.3) is 0 Å². The molecule has 0 heterocycles. The molecule has 1 N–H and O–H groups in total. The highest BCUT2D eigenvalue weighted by Gasteiger charge is 2.33. The molecule has 132 valence electrons. The highest BCUT2D eigenvalue weighted by molar-refractivity contribution is 6.30. The van der Waals surface area contributed by atoms with E-state index in [0.29, 0.717) is 10.6 Å². The fraction of sp³-hybridized carbons (Fsp3) is 0.471. The van der Waals surface area contributed by atoms with Gasteiger partial charge >= 0.3 is 12.1 Å². The van der Waals surface area contributed by atoms with Gasteiger partial charge in [-0.15, -0.1) is 0 Å². The molecule has 0 atom stereocenters. The zero-order valence-corrected chi connectivity index (χ0v) is 15.2. The third-order valence-corrected chi connectivity index (χ3v) is 3.08. The predicted octanol–water partition coefficient (Wildman–Crippen LogP) is 3.37. The molecule has 1 aromatic carbocycles. The minimum atomic E-state index is -1.33. The van der Waals surface area contributed by atoms with Crippen molar-refractivity contribution in [3.63, 3.8) is 0 Å². The summed E-state index contributed by atoms with van der Waals surface area (Å²) in [6, 6.07) is 6.24. The summed E-state index contributed by atoms with van der Waals surface area (Å²) in [7, 11) is 0. The molecule has 0 saturated heterocycles. The molecule has 1 rings (SSSR count). The lowest BCUT2D eigenvalue weighted by Gasteiger charge is -2.26. The smallest absolute Gasteiger partial charge is 0.408 e. The third kappa shape index (κ3) is 6.58. The molecule has 0 aliphatic rings. The molecule has 0 aliphatic carbocycles. The number of halogens is 1. The van der Waals surface area contributed by atoms with Gasteiger partial charge in [0.15, 0.2) is 12.4 Å². The van der Waals surface area contributed by atoms with Crippen molar-refractivity contribution in [2.24, 2.45) is 0 Å². The van der Waals surface area contributed by atoms with Gasteiger partial charge in [-0.2, -0.15) is 0 Å². The molecule has 0 fully saturated rings. The second-order valence-electron chi connectivity index (χ2n) is 6.76. The lowest BCUT2D eigenvalue weighted by atomic mass is 10.1. The van der Waals surface area contributed by atoms with Crippen LogP contribution in [0.1, 0.15) is 45.0 Å². The number of hydrogen-bond acceptors (Lipinski definition) is 5. The largest absolute Gasteiger partial charge is 0.456 e. The van der Waals surface area contributed by atoms with Crippen LogP contribution in [0.3, 0.4) is 0 Å². The number of Topliss-reactive ketones (excluding diaryl/α,β-unsaturated/α-hetero) is 1. The van der Waals surface area contributed by atoms with E-state index in [1.165, 1.54) is 13.8 Å². The molecule has 0 bridgehead atoms. The van der Waals surface area contributed by atoms with E-state index in [-0.39, 0.29) is 5.78 Å². The number of rotatable bonds is 5. The van der Waals surface area contributed by atoms with Crippen LogP contribution in [0.15, 0.2) is 24.3 Å². The van der Waals surface area contributed by atoms with Crippen LogP contribution >= 0.6 is 11.6 Å². The Bertz CT molecular complexity index is 617. The predicted molar refractivity (Wildman–Crippen MR) is 90.2 cm³/mol. The number of amides is 1. The van der Waals surface area contributed by atoms with Gasteiger partial charge < -0.3 is 14.8 Å². The van der Waals surface area contributed by atoms with Crippen molar-refractivity contribution < 1.29 is 23.9 Å². The number of ketones is 1. The summed E-state index contributed by atoms with van der Waals surface area (Å²) in [4.78, 5) is 35.8. The van der Waals surface area contributed by atoms with E-state index in [4.69, 9.17) is 21.1 Å². The monoisotopic (exact) mass is 355 g/mol. The number of alkyl carbamates (subject to hydrolysis) is 1. The quantitative estimate of drug-likeness (QED) is 0.646. The van der Waals surface area contributed by atoms with Crippen molar-refractivity contribution in [2.45, 2.75) is 45.8 Å². The number of ether oxygens (including phenoxy) is 2. The summed E-state index contributed by atoms with van der Waals surface area (Å²) >= 11 is 5.75. The second kappa shape index (κ2) is 7.66. The van der Waals surface area contributed by atoms with Gasteiger partial charge in [0.1, 0.15) is 11.1 Å². The van der Waals surface area contributed by atoms with Crippen molar-refractivity contribution in [3.8, 4) is 0 Å². The molecule has 1 aromatic rings. The minimum Gasteiger partial charge on any atom is -0.456 e. The number of hydrogen-bond donors (Lipinski definition) is 1. The standard InChI is InChI=1S/C17H22ClNO5/c1-16(2,3)24-15(22)19-17(4,5)14(21)23-10-13(20)11-6-8-12(18)9-7-11/h6-9H,10H2,1-5H3,(H,19,22). The van der Waals surface area contributed by atoms with E-state index in [1.54, 1.807) is 45.0 Å². The fourth-order valence-electron chi connectivity index (χ4n) is 1.64. The van der Waals surface area contributed by atoms with Crippen molar-refractivity contribution in [1.29, 1.82) is 0 Å². The van der Waals surface area contributed by atoms with E-state index in [1.807, 2.05) is 0 Å². The summed E-state index contributed by atoms with van der Waals surface area (Å²) in [6.45, 7) is 7.63. The average molecular weight is 356 g/mol. The maximum Gasteiger partial charge on any atom is 0.408 e. The zero-order chi connectivity index (χ0) is 18.5. The van der Waals surface area contributed by atoms with E-state index in [9.17, 15) is 14.4 Å². The molecule has 24 heavy (non-hydrogen) atoms. The highest BCUT2D eigenvalue weighted by Crippen LogP contribution is 2.12. The normalized spacial score (nSPS) is 11.6. The summed E-state index contributed by atoms with van der Waals surface area (Å²) < 4.78 is 10.1. The van der Waals surface area contributed by atoms with Crippen molar-refractivity contribution in [3.05, 3.63) is 34.9 Å². The van der Waals surface area contributed by atoms with Crippen LogP contribution < -0.4 is 5.32 Å². The fourth-order valence-corrected chi connectivity index (χ4v) is 1.77. The Labute approximate surface area is 146 Å². The van der Waals surface area contributed by atoms with Crippen LogP contribution in [0.4, 0.5) is 4.79 Å². The number of carbonyl (C=O) groups excluding carboxylic acids is 3. The van der Waals surface area contributed by atoms with Crippen LogP contribution in [0.25, 0.3) is 0 Å². The molecule has 0 spiro atoms. The molecule has 0 radical (unpaired) electrons. The Kier molecular flexibility index (Phi) is 6.37. The van der Waals surface area contributed by atoms with Crippen LogP contribution in [-0.4, -0.2) is 35.6 Å². The van der Waals surface area contributed by atoms with Crippen LogP contribution in [0.5, 0.6) is 0 Å². The maximum absolute atomic E-state index is 12.1. The molecule has 0 aliphatic heterocycles. The summed E-state index contributed by atoms with van der Waals surface area (Å²) in [5.41, 5.74) is -1.64. The first-order valence-corrected chi connectivity index (χ1v) is 7.76. The Balaban J connectivity index is 2.57. The van der Waals surface area contributed by atoms with Gasteiger partial charge in [-0.25, -0.2) is 9.59 Å². The molecular weight excluding hydrogens is 334 g/mol. The summed E-state index contributed by atoms with van der Waals surface area (Å²) in [6.07, 6.45) is -0.742. The lowest BCUT2D eigenvalue weighted by Crippen LogP contribution is -2.52. The van der Waals surface area contributed by atoms with E-state index in [0.717, 1.165) is 0 Å². The SMILES string of the molecule is CC(C)(C)OC(=O)NC(C)(C)C(=O)OCC(=O)c1ccc(Cl)cc1. The van der Waals surface area contributed by atoms with E-state index < -0.39 is 29.8 Å². The van der Waals surface area contributed by atoms with Gasteiger partial charge in [-0.3, -0.25) is 4.79 Å². The Hall–Kier alpha value is -2.08.